The predicted molar refractivity (Wildman–Crippen MR) is 83.8 cm³/mol. The van der Waals surface area contributed by atoms with Crippen LogP contribution >= 0.6 is 0 Å². The number of rotatable bonds is 3. The molecule has 3 heteroatoms. The molecule has 3 rings (SSSR count). The third-order valence-electron chi connectivity index (χ3n) is 4.31. The first-order valence-corrected chi connectivity index (χ1v) is 7.48. The van der Waals surface area contributed by atoms with E-state index in [0.717, 1.165) is 36.9 Å². The Labute approximate surface area is 124 Å². The van der Waals surface area contributed by atoms with Crippen molar-refractivity contribution in [3.05, 3.63) is 57.9 Å². The van der Waals surface area contributed by atoms with Crippen molar-refractivity contribution >= 4 is 6.29 Å². The molecule has 21 heavy (non-hydrogen) atoms. The second kappa shape index (κ2) is 5.68. The van der Waals surface area contributed by atoms with Crippen molar-refractivity contribution in [2.24, 2.45) is 0 Å². The molecule has 1 aromatic carbocycles. The molecule has 0 amide bonds. The topological polar surface area (TPSA) is 39.1 Å². The zero-order valence-corrected chi connectivity index (χ0v) is 12.2. The van der Waals surface area contributed by atoms with Crippen LogP contribution in [0.2, 0.25) is 0 Å². The second-order valence-corrected chi connectivity index (χ2v) is 5.77. The molecule has 1 aromatic heterocycles. The summed E-state index contributed by atoms with van der Waals surface area (Å²) in [7, 11) is 0. The Morgan fingerprint density at radius 1 is 1.05 bits per heavy atom. The minimum Gasteiger partial charge on any atom is -0.305 e. The average molecular weight is 281 g/mol. The molecule has 1 aliphatic carbocycles. The van der Waals surface area contributed by atoms with Crippen molar-refractivity contribution < 1.29 is 4.79 Å². The highest BCUT2D eigenvalue weighted by Crippen LogP contribution is 2.32. The Bertz CT molecular complexity index is 707. The average Bonchev–Trinajstić information content (AvgIpc) is 3.01. The van der Waals surface area contributed by atoms with E-state index in [1.54, 1.807) is 6.07 Å². The smallest absolute Gasteiger partial charge is 0.261 e. The van der Waals surface area contributed by atoms with E-state index in [1.807, 2.05) is 41.8 Å². The summed E-state index contributed by atoms with van der Waals surface area (Å²) in [5, 5.41) is 0. The maximum absolute atomic E-state index is 12.6. The normalized spacial score (nSPS) is 15.3. The molecule has 0 radical (unpaired) electrons. The number of aldehydes is 1. The van der Waals surface area contributed by atoms with Crippen LogP contribution in [0.4, 0.5) is 0 Å². The van der Waals surface area contributed by atoms with Crippen molar-refractivity contribution in [1.29, 1.82) is 0 Å². The van der Waals surface area contributed by atoms with E-state index in [1.165, 1.54) is 5.56 Å². The molecule has 2 aromatic rings. The Balaban J connectivity index is 2.19. The molecule has 1 fully saturated rings. The first-order chi connectivity index (χ1) is 10.2. The number of hydrogen-bond donors (Lipinski definition) is 0. The number of pyridine rings is 1. The predicted octanol–water partition coefficient (Wildman–Crippen LogP) is 3.75. The van der Waals surface area contributed by atoms with Crippen molar-refractivity contribution in [3.8, 4) is 11.3 Å². The number of aromatic nitrogens is 1. The number of hydrogen-bond acceptors (Lipinski definition) is 2. The van der Waals surface area contributed by atoms with E-state index in [9.17, 15) is 9.59 Å². The summed E-state index contributed by atoms with van der Waals surface area (Å²) in [6, 6.07) is 11.9. The molecular weight excluding hydrogens is 262 g/mol. The van der Waals surface area contributed by atoms with E-state index in [2.05, 4.69) is 0 Å². The lowest BCUT2D eigenvalue weighted by atomic mass is 10.1. The molecule has 1 heterocycles. The summed E-state index contributed by atoms with van der Waals surface area (Å²) in [5.74, 6) is 0. The van der Waals surface area contributed by atoms with Gasteiger partial charge in [0.1, 0.15) is 0 Å². The van der Waals surface area contributed by atoms with Gasteiger partial charge in [-0.25, -0.2) is 0 Å². The van der Waals surface area contributed by atoms with Crippen molar-refractivity contribution in [1.82, 2.24) is 4.57 Å². The molecule has 0 aliphatic heterocycles. The minimum atomic E-state index is -0.157. The quantitative estimate of drug-likeness (QED) is 0.804. The summed E-state index contributed by atoms with van der Waals surface area (Å²) >= 11 is 0. The molecule has 0 saturated heterocycles. The van der Waals surface area contributed by atoms with Gasteiger partial charge >= 0.3 is 0 Å². The van der Waals surface area contributed by atoms with Crippen molar-refractivity contribution in [2.75, 3.05) is 0 Å². The monoisotopic (exact) mass is 281 g/mol. The summed E-state index contributed by atoms with van der Waals surface area (Å²) in [6.45, 7) is 2.04. The summed E-state index contributed by atoms with van der Waals surface area (Å²) in [5.41, 5.74) is 3.23. The van der Waals surface area contributed by atoms with Gasteiger partial charge in [-0.2, -0.15) is 0 Å². The lowest BCUT2D eigenvalue weighted by Gasteiger charge is -2.19. The Kier molecular flexibility index (Phi) is 3.74. The highest BCUT2D eigenvalue weighted by atomic mass is 16.1. The SMILES string of the molecule is Cc1ccc(-c2ccc(C=O)c(=O)n2C2CCCC2)cc1. The molecule has 0 spiro atoms. The fraction of sp³-hybridized carbons (Fsp3) is 0.333. The Morgan fingerprint density at radius 2 is 1.71 bits per heavy atom. The molecular formula is C18H19NO2. The Hall–Kier alpha value is -2.16. The van der Waals surface area contributed by atoms with Crippen LogP contribution in [0.25, 0.3) is 11.3 Å². The number of carbonyl (C=O) groups is 1. The first-order valence-electron chi connectivity index (χ1n) is 7.48. The molecule has 3 nitrogen and oxygen atoms in total. The fourth-order valence-electron chi connectivity index (χ4n) is 3.14. The number of carbonyl (C=O) groups excluding carboxylic acids is 1. The first kappa shape index (κ1) is 13.8. The van der Waals surface area contributed by atoms with Crippen LogP contribution in [-0.4, -0.2) is 10.9 Å². The molecule has 0 atom stereocenters. The summed E-state index contributed by atoms with van der Waals surface area (Å²) in [6.07, 6.45) is 4.99. The van der Waals surface area contributed by atoms with Gasteiger partial charge in [0, 0.05) is 6.04 Å². The number of benzene rings is 1. The molecule has 0 bridgehead atoms. The zero-order valence-electron chi connectivity index (χ0n) is 12.2. The lowest BCUT2D eigenvalue weighted by molar-refractivity contribution is 0.112. The van der Waals surface area contributed by atoms with Crippen LogP contribution in [0.1, 0.15) is 47.6 Å². The van der Waals surface area contributed by atoms with Gasteiger partial charge in [-0.3, -0.25) is 9.59 Å². The van der Waals surface area contributed by atoms with Crippen LogP contribution in [-0.2, 0) is 0 Å². The van der Waals surface area contributed by atoms with Gasteiger partial charge in [-0.1, -0.05) is 42.7 Å². The van der Waals surface area contributed by atoms with E-state index in [4.69, 9.17) is 0 Å². The van der Waals surface area contributed by atoms with Gasteiger partial charge in [0.05, 0.1) is 11.3 Å². The van der Waals surface area contributed by atoms with Gasteiger partial charge < -0.3 is 4.57 Å². The van der Waals surface area contributed by atoms with Crippen LogP contribution in [0.3, 0.4) is 0 Å². The van der Waals surface area contributed by atoms with E-state index in [-0.39, 0.29) is 17.2 Å². The van der Waals surface area contributed by atoms with E-state index in [0.29, 0.717) is 6.29 Å². The van der Waals surface area contributed by atoms with Gasteiger partial charge in [0.15, 0.2) is 6.29 Å². The van der Waals surface area contributed by atoms with Crippen molar-refractivity contribution in [2.45, 2.75) is 38.6 Å². The molecule has 1 saturated carbocycles. The summed E-state index contributed by atoms with van der Waals surface area (Å²) in [4.78, 5) is 23.7. The molecule has 108 valence electrons. The van der Waals surface area contributed by atoms with Gasteiger partial charge in [-0.15, -0.1) is 0 Å². The largest absolute Gasteiger partial charge is 0.305 e. The van der Waals surface area contributed by atoms with Crippen LogP contribution in [0, 0.1) is 6.92 Å². The van der Waals surface area contributed by atoms with Crippen molar-refractivity contribution in [3.63, 3.8) is 0 Å². The highest BCUT2D eigenvalue weighted by Gasteiger charge is 2.22. The van der Waals surface area contributed by atoms with E-state index >= 15 is 0 Å². The molecule has 1 aliphatic rings. The number of aryl methyl sites for hydroxylation is 1. The lowest BCUT2D eigenvalue weighted by Crippen LogP contribution is -2.27. The van der Waals surface area contributed by atoms with Crippen LogP contribution in [0.15, 0.2) is 41.2 Å². The maximum Gasteiger partial charge on any atom is 0.261 e. The minimum absolute atomic E-state index is 0.157. The fourth-order valence-corrected chi connectivity index (χ4v) is 3.14. The second-order valence-electron chi connectivity index (χ2n) is 5.77. The number of nitrogens with zero attached hydrogens (tertiary/aromatic N) is 1. The van der Waals surface area contributed by atoms with Gasteiger partial charge in [0.2, 0.25) is 0 Å². The summed E-state index contributed by atoms with van der Waals surface area (Å²) < 4.78 is 1.83. The van der Waals surface area contributed by atoms with Gasteiger partial charge in [0.25, 0.3) is 5.56 Å². The zero-order chi connectivity index (χ0) is 14.8. The third-order valence-corrected chi connectivity index (χ3v) is 4.31. The van der Waals surface area contributed by atoms with Gasteiger partial charge in [-0.05, 0) is 37.5 Å². The standard InChI is InChI=1S/C18H19NO2/c1-13-6-8-14(9-7-13)17-11-10-15(12-20)18(21)19(17)16-4-2-3-5-16/h6-12,16H,2-5H2,1H3. The maximum atomic E-state index is 12.6. The third kappa shape index (κ3) is 2.56. The van der Waals surface area contributed by atoms with E-state index < -0.39 is 0 Å². The molecule has 0 unspecified atom stereocenters. The molecule has 0 N–H and O–H groups in total. The van der Waals surface area contributed by atoms with Crippen LogP contribution in [0.5, 0.6) is 0 Å². The van der Waals surface area contributed by atoms with Crippen LogP contribution < -0.4 is 5.56 Å². The Morgan fingerprint density at radius 3 is 2.33 bits per heavy atom. The highest BCUT2D eigenvalue weighted by molar-refractivity contribution is 5.75.